The van der Waals surface area contributed by atoms with Crippen LogP contribution in [0.2, 0.25) is 0 Å². The number of alkyl halides is 1. The fourth-order valence-corrected chi connectivity index (χ4v) is 1.09. The lowest BCUT2D eigenvalue weighted by atomic mass is 10.1. The highest BCUT2D eigenvalue weighted by atomic mass is 35.5. The number of halogens is 1. The molecule has 0 aliphatic heterocycles. The third kappa shape index (κ3) is 7.80. The van der Waals surface area contributed by atoms with Gasteiger partial charge in [0.15, 0.2) is 0 Å². The summed E-state index contributed by atoms with van der Waals surface area (Å²) in [7, 11) is 0. The molecule has 0 aromatic heterocycles. The molecule has 0 aromatic rings. The van der Waals surface area contributed by atoms with E-state index >= 15 is 0 Å². The van der Waals surface area contributed by atoms with E-state index in [0.717, 1.165) is 5.57 Å². The molecule has 0 atom stereocenters. The van der Waals surface area contributed by atoms with Crippen molar-refractivity contribution in [1.82, 2.24) is 0 Å². The van der Waals surface area contributed by atoms with Crippen LogP contribution in [0.5, 0.6) is 0 Å². The average Bonchev–Trinajstić information content (AvgIpc) is 2.14. The highest BCUT2D eigenvalue weighted by Crippen LogP contribution is 2.06. The standard InChI is InChI=1S/C10H15ClO3/c1-8(5-6-10(13)14)3-2-4-9(12)7-11/h3H,2,4-7H2,1H3,(H,13,14). The van der Waals surface area contributed by atoms with Gasteiger partial charge in [0.1, 0.15) is 5.78 Å². The molecule has 3 nitrogen and oxygen atoms in total. The number of hydrogen-bond donors (Lipinski definition) is 1. The number of carboxylic acids is 1. The molecule has 0 unspecified atom stereocenters. The van der Waals surface area contributed by atoms with Crippen LogP contribution in [0.25, 0.3) is 0 Å². The normalized spacial score (nSPS) is 11.4. The Bertz CT molecular complexity index is 234. The van der Waals surface area contributed by atoms with Crippen molar-refractivity contribution in [1.29, 1.82) is 0 Å². The van der Waals surface area contributed by atoms with Gasteiger partial charge in [-0.15, -0.1) is 11.6 Å². The van der Waals surface area contributed by atoms with Gasteiger partial charge in [0.05, 0.1) is 5.88 Å². The number of aliphatic carboxylic acids is 1. The van der Waals surface area contributed by atoms with Crippen LogP contribution in [0.1, 0.15) is 32.6 Å². The molecule has 1 N–H and O–H groups in total. The molecular weight excluding hydrogens is 204 g/mol. The predicted octanol–water partition coefficient (Wildman–Crippen LogP) is 2.39. The molecule has 0 fully saturated rings. The van der Waals surface area contributed by atoms with Gasteiger partial charge in [-0.1, -0.05) is 11.6 Å². The van der Waals surface area contributed by atoms with Crippen LogP contribution in [0, 0.1) is 0 Å². The molecule has 80 valence electrons. The Morgan fingerprint density at radius 1 is 1.29 bits per heavy atom. The van der Waals surface area contributed by atoms with Gasteiger partial charge in [-0.2, -0.15) is 0 Å². The first-order valence-corrected chi connectivity index (χ1v) is 5.04. The van der Waals surface area contributed by atoms with Gasteiger partial charge >= 0.3 is 5.97 Å². The van der Waals surface area contributed by atoms with Crippen molar-refractivity contribution in [3.05, 3.63) is 11.6 Å². The zero-order valence-corrected chi connectivity index (χ0v) is 9.01. The van der Waals surface area contributed by atoms with Crippen molar-refractivity contribution in [2.24, 2.45) is 0 Å². The molecule has 0 aliphatic carbocycles. The van der Waals surface area contributed by atoms with Crippen LogP contribution in [0.15, 0.2) is 11.6 Å². The Kier molecular flexibility index (Phi) is 7.11. The number of carbonyl (C=O) groups excluding carboxylic acids is 1. The van der Waals surface area contributed by atoms with Crippen molar-refractivity contribution >= 4 is 23.4 Å². The average molecular weight is 219 g/mol. The minimum absolute atomic E-state index is 0.0222. The van der Waals surface area contributed by atoms with Crippen LogP contribution >= 0.6 is 11.6 Å². The molecule has 4 heteroatoms. The molecule has 0 saturated carbocycles. The van der Waals surface area contributed by atoms with Crippen LogP contribution in [0.3, 0.4) is 0 Å². The van der Waals surface area contributed by atoms with Crippen molar-refractivity contribution in [2.75, 3.05) is 5.88 Å². The number of allylic oxidation sites excluding steroid dienone is 2. The Morgan fingerprint density at radius 2 is 1.93 bits per heavy atom. The minimum atomic E-state index is -0.797. The molecule has 0 aliphatic rings. The van der Waals surface area contributed by atoms with Gasteiger partial charge in [0.25, 0.3) is 0 Å². The molecule has 0 spiro atoms. The van der Waals surface area contributed by atoms with E-state index in [9.17, 15) is 9.59 Å². The summed E-state index contributed by atoms with van der Waals surface area (Å²) in [5.74, 6) is -0.717. The molecule has 14 heavy (non-hydrogen) atoms. The van der Waals surface area contributed by atoms with Crippen molar-refractivity contribution < 1.29 is 14.7 Å². The first kappa shape index (κ1) is 13.2. The lowest BCUT2D eigenvalue weighted by Gasteiger charge is -1.98. The summed E-state index contributed by atoms with van der Waals surface area (Å²) in [6, 6.07) is 0. The van der Waals surface area contributed by atoms with Gasteiger partial charge < -0.3 is 5.11 Å². The van der Waals surface area contributed by atoms with Crippen LogP contribution in [-0.4, -0.2) is 22.7 Å². The Morgan fingerprint density at radius 3 is 2.43 bits per heavy atom. The summed E-state index contributed by atoms with van der Waals surface area (Å²) in [6.07, 6.45) is 3.68. The topological polar surface area (TPSA) is 54.4 Å². The van der Waals surface area contributed by atoms with E-state index < -0.39 is 5.97 Å². The second kappa shape index (κ2) is 7.56. The second-order valence-electron chi connectivity index (χ2n) is 3.16. The largest absolute Gasteiger partial charge is 0.481 e. The smallest absolute Gasteiger partial charge is 0.303 e. The predicted molar refractivity (Wildman–Crippen MR) is 55.6 cm³/mol. The molecule has 0 rings (SSSR count). The Hall–Kier alpha value is -0.830. The second-order valence-corrected chi connectivity index (χ2v) is 3.42. The highest BCUT2D eigenvalue weighted by Gasteiger charge is 1.99. The zero-order valence-electron chi connectivity index (χ0n) is 8.25. The first-order chi connectivity index (χ1) is 6.56. The Labute approximate surface area is 88.8 Å². The maximum atomic E-state index is 10.8. The van der Waals surface area contributed by atoms with Gasteiger partial charge in [0, 0.05) is 12.8 Å². The minimum Gasteiger partial charge on any atom is -0.481 e. The summed E-state index contributed by atoms with van der Waals surface area (Å²) in [5.41, 5.74) is 1.01. The van der Waals surface area contributed by atoms with E-state index in [0.29, 0.717) is 19.3 Å². The number of hydrogen-bond acceptors (Lipinski definition) is 2. The Balaban J connectivity index is 3.66. The molecule has 0 aromatic carbocycles. The maximum Gasteiger partial charge on any atom is 0.303 e. The lowest BCUT2D eigenvalue weighted by Crippen LogP contribution is -1.98. The van der Waals surface area contributed by atoms with Gasteiger partial charge in [-0.05, 0) is 19.8 Å². The van der Waals surface area contributed by atoms with Gasteiger partial charge in [-0.25, -0.2) is 0 Å². The summed E-state index contributed by atoms with van der Waals surface area (Å²) in [6.45, 7) is 1.87. The third-order valence-electron chi connectivity index (χ3n) is 1.80. The molecule has 0 amide bonds. The number of rotatable bonds is 7. The monoisotopic (exact) mass is 218 g/mol. The zero-order chi connectivity index (χ0) is 11.0. The van der Waals surface area contributed by atoms with Crippen molar-refractivity contribution in [3.8, 4) is 0 Å². The van der Waals surface area contributed by atoms with E-state index in [1.807, 2.05) is 13.0 Å². The molecular formula is C10H15ClO3. The fourth-order valence-electron chi connectivity index (χ4n) is 0.953. The summed E-state index contributed by atoms with van der Waals surface area (Å²) in [5, 5.41) is 8.42. The number of Topliss-reactive ketones (excluding diaryl/α,β-unsaturated/α-hetero) is 1. The number of carbonyl (C=O) groups is 2. The molecule has 0 saturated heterocycles. The van der Waals surface area contributed by atoms with Gasteiger partial charge in [-0.3, -0.25) is 9.59 Å². The number of ketones is 1. The molecule has 0 radical (unpaired) electrons. The fraction of sp³-hybridized carbons (Fsp3) is 0.600. The first-order valence-electron chi connectivity index (χ1n) is 4.51. The van der Waals surface area contributed by atoms with E-state index in [-0.39, 0.29) is 18.1 Å². The summed E-state index contributed by atoms with van der Waals surface area (Å²) < 4.78 is 0. The van der Waals surface area contributed by atoms with E-state index in [1.165, 1.54) is 0 Å². The van der Waals surface area contributed by atoms with Crippen molar-refractivity contribution in [2.45, 2.75) is 32.6 Å². The van der Waals surface area contributed by atoms with E-state index in [1.54, 1.807) is 0 Å². The summed E-state index contributed by atoms with van der Waals surface area (Å²) >= 11 is 5.32. The van der Waals surface area contributed by atoms with Crippen LogP contribution in [0.4, 0.5) is 0 Å². The van der Waals surface area contributed by atoms with Crippen LogP contribution in [-0.2, 0) is 9.59 Å². The molecule has 0 bridgehead atoms. The van der Waals surface area contributed by atoms with E-state index in [2.05, 4.69) is 0 Å². The highest BCUT2D eigenvalue weighted by molar-refractivity contribution is 6.27. The van der Waals surface area contributed by atoms with E-state index in [4.69, 9.17) is 16.7 Å². The number of carboxylic acid groups (broad SMARTS) is 1. The summed E-state index contributed by atoms with van der Waals surface area (Å²) in [4.78, 5) is 21.0. The van der Waals surface area contributed by atoms with Crippen LogP contribution < -0.4 is 0 Å². The maximum absolute atomic E-state index is 10.8. The SMILES string of the molecule is CC(=CCCC(=O)CCl)CCC(=O)O. The lowest BCUT2D eigenvalue weighted by molar-refractivity contribution is -0.137. The van der Waals surface area contributed by atoms with Crippen molar-refractivity contribution in [3.63, 3.8) is 0 Å². The quantitative estimate of drug-likeness (QED) is 0.527. The van der Waals surface area contributed by atoms with Gasteiger partial charge in [0.2, 0.25) is 0 Å². The third-order valence-corrected chi connectivity index (χ3v) is 2.10. The molecule has 0 heterocycles.